The summed E-state index contributed by atoms with van der Waals surface area (Å²) in [5.41, 5.74) is 0.980. The van der Waals surface area contributed by atoms with Crippen LogP contribution in [0.25, 0.3) is 0 Å². The lowest BCUT2D eigenvalue weighted by molar-refractivity contribution is -0.132. The first-order chi connectivity index (χ1) is 11.6. The van der Waals surface area contributed by atoms with Crippen LogP contribution in [-0.4, -0.2) is 52.9 Å². The van der Waals surface area contributed by atoms with Gasteiger partial charge in [-0.25, -0.2) is 13.4 Å². The van der Waals surface area contributed by atoms with E-state index in [2.05, 4.69) is 4.98 Å². The summed E-state index contributed by atoms with van der Waals surface area (Å²) in [5, 5.41) is -0.370. The SMILES string of the molecule is Cc1ncn(CC(=O)N2CCC(S(=O)(=O)CC(C)C)CC2)c(=O)c1C. The standard InChI is InChI=1S/C17H27N3O4S/c1-12(2)10-25(23,24)15-5-7-19(8-6-15)16(21)9-20-11-18-14(4)13(3)17(20)22/h11-12,15H,5-10H2,1-4H3. The Hall–Kier alpha value is -1.70. The largest absolute Gasteiger partial charge is 0.341 e. The van der Waals surface area contributed by atoms with Crippen LogP contribution in [0.4, 0.5) is 0 Å². The zero-order chi connectivity index (χ0) is 18.8. The van der Waals surface area contributed by atoms with Crippen molar-refractivity contribution in [2.75, 3.05) is 18.8 Å². The summed E-state index contributed by atoms with van der Waals surface area (Å²) < 4.78 is 26.0. The fourth-order valence-corrected chi connectivity index (χ4v) is 5.23. The number of rotatable bonds is 5. The normalized spacial score (nSPS) is 16.4. The predicted molar refractivity (Wildman–Crippen MR) is 96.2 cm³/mol. The number of amides is 1. The molecule has 0 bridgehead atoms. The maximum atomic E-state index is 12.4. The molecule has 1 aliphatic rings. The first-order valence-corrected chi connectivity index (χ1v) is 10.4. The summed E-state index contributed by atoms with van der Waals surface area (Å²) in [6, 6.07) is 0. The third-order valence-electron chi connectivity index (χ3n) is 4.69. The molecule has 1 aliphatic heterocycles. The van der Waals surface area contributed by atoms with Crippen LogP contribution < -0.4 is 5.56 Å². The quantitative estimate of drug-likeness (QED) is 0.770. The average molecular weight is 369 g/mol. The number of sulfone groups is 1. The van der Waals surface area contributed by atoms with Gasteiger partial charge in [-0.05, 0) is 32.6 Å². The highest BCUT2D eigenvalue weighted by Crippen LogP contribution is 2.20. The first kappa shape index (κ1) is 19.6. The number of piperidine rings is 1. The van der Waals surface area contributed by atoms with Gasteiger partial charge in [-0.2, -0.15) is 0 Å². The van der Waals surface area contributed by atoms with Crippen LogP contribution in [0.5, 0.6) is 0 Å². The van der Waals surface area contributed by atoms with Gasteiger partial charge < -0.3 is 4.90 Å². The summed E-state index contributed by atoms with van der Waals surface area (Å²) in [6.07, 6.45) is 2.31. The van der Waals surface area contributed by atoms with Gasteiger partial charge in [0.25, 0.3) is 5.56 Å². The Morgan fingerprint density at radius 3 is 2.44 bits per heavy atom. The number of carbonyl (C=O) groups excluding carboxylic acids is 1. The fraction of sp³-hybridized carbons (Fsp3) is 0.706. The Bertz CT molecular complexity index is 791. The lowest BCUT2D eigenvalue weighted by Crippen LogP contribution is -2.45. The number of carbonyl (C=O) groups is 1. The third kappa shape index (κ3) is 4.68. The lowest BCUT2D eigenvalue weighted by atomic mass is 10.1. The zero-order valence-corrected chi connectivity index (χ0v) is 16.2. The van der Waals surface area contributed by atoms with Crippen LogP contribution in [0.3, 0.4) is 0 Å². The molecular formula is C17H27N3O4S. The Balaban J connectivity index is 1.98. The Kier molecular flexibility index (Phi) is 6.03. The van der Waals surface area contributed by atoms with Crippen LogP contribution in [0.15, 0.2) is 11.1 Å². The number of hydrogen-bond donors (Lipinski definition) is 0. The van der Waals surface area contributed by atoms with E-state index in [-0.39, 0.29) is 34.9 Å². The zero-order valence-electron chi connectivity index (χ0n) is 15.4. The van der Waals surface area contributed by atoms with Gasteiger partial charge >= 0.3 is 0 Å². The summed E-state index contributed by atoms with van der Waals surface area (Å²) in [5.74, 6) is 0.121. The highest BCUT2D eigenvalue weighted by molar-refractivity contribution is 7.92. The minimum Gasteiger partial charge on any atom is -0.341 e. The van der Waals surface area contributed by atoms with E-state index in [1.54, 1.807) is 18.7 Å². The van der Waals surface area contributed by atoms with Gasteiger partial charge in [0.15, 0.2) is 9.84 Å². The summed E-state index contributed by atoms with van der Waals surface area (Å²) in [7, 11) is -3.11. The van der Waals surface area contributed by atoms with Gasteiger partial charge in [-0.1, -0.05) is 13.8 Å². The average Bonchev–Trinajstić information content (AvgIpc) is 2.54. The van der Waals surface area contributed by atoms with E-state index in [0.29, 0.717) is 37.2 Å². The second-order valence-electron chi connectivity index (χ2n) is 7.19. The van der Waals surface area contributed by atoms with E-state index in [9.17, 15) is 18.0 Å². The molecule has 7 nitrogen and oxygen atoms in total. The van der Waals surface area contributed by atoms with E-state index in [0.717, 1.165) is 0 Å². The third-order valence-corrected chi connectivity index (χ3v) is 7.31. The minimum absolute atomic E-state index is 0.0592. The molecule has 1 aromatic heterocycles. The highest BCUT2D eigenvalue weighted by Gasteiger charge is 2.31. The van der Waals surface area contributed by atoms with E-state index < -0.39 is 9.84 Å². The highest BCUT2D eigenvalue weighted by atomic mass is 32.2. The molecule has 0 atom stereocenters. The molecule has 0 saturated carbocycles. The number of likely N-dealkylation sites (tertiary alicyclic amines) is 1. The van der Waals surface area contributed by atoms with Crippen molar-refractivity contribution >= 4 is 15.7 Å². The van der Waals surface area contributed by atoms with E-state index in [1.165, 1.54) is 10.9 Å². The number of aromatic nitrogens is 2. The predicted octanol–water partition coefficient (Wildman–Crippen LogP) is 0.922. The molecular weight excluding hydrogens is 342 g/mol. The molecule has 25 heavy (non-hydrogen) atoms. The van der Waals surface area contributed by atoms with Crippen LogP contribution in [0.1, 0.15) is 37.9 Å². The van der Waals surface area contributed by atoms with Gasteiger partial charge in [0.2, 0.25) is 5.91 Å². The summed E-state index contributed by atoms with van der Waals surface area (Å²) >= 11 is 0. The smallest absolute Gasteiger partial charge is 0.256 e. The van der Waals surface area contributed by atoms with E-state index in [4.69, 9.17) is 0 Å². The molecule has 2 heterocycles. The molecule has 8 heteroatoms. The molecule has 0 aliphatic carbocycles. The van der Waals surface area contributed by atoms with Crippen molar-refractivity contribution in [2.45, 2.75) is 52.3 Å². The maximum absolute atomic E-state index is 12.4. The van der Waals surface area contributed by atoms with Crippen molar-refractivity contribution in [1.82, 2.24) is 14.5 Å². The molecule has 0 spiro atoms. The Morgan fingerprint density at radius 2 is 1.88 bits per heavy atom. The fourth-order valence-electron chi connectivity index (χ4n) is 3.10. The van der Waals surface area contributed by atoms with Crippen LogP contribution in [0, 0.1) is 19.8 Å². The molecule has 0 radical (unpaired) electrons. The second kappa shape index (κ2) is 7.68. The molecule has 0 aromatic carbocycles. The number of aryl methyl sites for hydroxylation is 1. The van der Waals surface area contributed by atoms with Crippen molar-refractivity contribution in [1.29, 1.82) is 0 Å². The minimum atomic E-state index is -3.11. The first-order valence-electron chi connectivity index (χ1n) is 8.63. The maximum Gasteiger partial charge on any atom is 0.256 e. The van der Waals surface area contributed by atoms with Gasteiger partial charge in [-0.15, -0.1) is 0 Å². The molecule has 1 saturated heterocycles. The second-order valence-corrected chi connectivity index (χ2v) is 9.52. The van der Waals surface area contributed by atoms with Crippen LogP contribution in [0.2, 0.25) is 0 Å². The molecule has 0 N–H and O–H groups in total. The number of hydrogen-bond acceptors (Lipinski definition) is 5. The topological polar surface area (TPSA) is 89.3 Å². The molecule has 0 unspecified atom stereocenters. The van der Waals surface area contributed by atoms with Crippen LogP contribution in [-0.2, 0) is 21.2 Å². The van der Waals surface area contributed by atoms with Crippen molar-refractivity contribution in [3.05, 3.63) is 27.9 Å². The number of nitrogens with zero attached hydrogens (tertiary/aromatic N) is 3. The molecule has 1 fully saturated rings. The lowest BCUT2D eigenvalue weighted by Gasteiger charge is -2.32. The van der Waals surface area contributed by atoms with Crippen molar-refractivity contribution in [3.63, 3.8) is 0 Å². The Morgan fingerprint density at radius 1 is 1.28 bits per heavy atom. The monoisotopic (exact) mass is 369 g/mol. The van der Waals surface area contributed by atoms with Crippen LogP contribution >= 0.6 is 0 Å². The van der Waals surface area contributed by atoms with Gasteiger partial charge in [0, 0.05) is 24.3 Å². The molecule has 140 valence electrons. The van der Waals surface area contributed by atoms with Crippen molar-refractivity contribution < 1.29 is 13.2 Å². The van der Waals surface area contributed by atoms with Gasteiger partial charge in [0.1, 0.15) is 6.54 Å². The summed E-state index contributed by atoms with van der Waals surface area (Å²) in [6.45, 7) is 8.00. The molecule has 2 rings (SSSR count). The van der Waals surface area contributed by atoms with Crippen molar-refractivity contribution in [2.24, 2.45) is 5.92 Å². The van der Waals surface area contributed by atoms with E-state index >= 15 is 0 Å². The van der Waals surface area contributed by atoms with E-state index in [1.807, 2.05) is 13.8 Å². The molecule has 1 aromatic rings. The Labute approximate surface area is 149 Å². The molecule has 1 amide bonds. The van der Waals surface area contributed by atoms with Crippen molar-refractivity contribution in [3.8, 4) is 0 Å². The summed E-state index contributed by atoms with van der Waals surface area (Å²) in [4.78, 5) is 30.4. The van der Waals surface area contributed by atoms with Gasteiger partial charge in [-0.3, -0.25) is 14.2 Å². The van der Waals surface area contributed by atoms with Gasteiger partial charge in [0.05, 0.1) is 17.3 Å².